The summed E-state index contributed by atoms with van der Waals surface area (Å²) in [6.07, 6.45) is 7.27. The van der Waals surface area contributed by atoms with E-state index in [0.29, 0.717) is 17.9 Å². The van der Waals surface area contributed by atoms with Crippen molar-refractivity contribution in [2.24, 2.45) is 17.3 Å². The van der Waals surface area contributed by atoms with Crippen molar-refractivity contribution in [2.45, 2.75) is 80.4 Å². The van der Waals surface area contributed by atoms with Gasteiger partial charge in [-0.25, -0.2) is 0 Å². The van der Waals surface area contributed by atoms with Crippen LogP contribution < -0.4 is 0 Å². The smallest absolute Gasteiger partial charge is 0.144 e. The van der Waals surface area contributed by atoms with E-state index in [4.69, 9.17) is 4.74 Å². The molecular weight excluding hydrogens is 716 g/mol. The van der Waals surface area contributed by atoms with Gasteiger partial charge in [0.15, 0.2) is 0 Å². The van der Waals surface area contributed by atoms with Crippen LogP contribution in [-0.4, -0.2) is 26.7 Å². The van der Waals surface area contributed by atoms with Gasteiger partial charge in [-0.3, -0.25) is 0 Å². The van der Waals surface area contributed by atoms with Gasteiger partial charge in [-0.15, -0.1) is 0 Å². The van der Waals surface area contributed by atoms with Gasteiger partial charge in [-0.1, -0.05) is 95.6 Å². The second-order valence-electron chi connectivity index (χ2n) is 8.53. The number of aliphatic hydroxyl groups is 1. The van der Waals surface area contributed by atoms with Crippen molar-refractivity contribution in [1.82, 2.24) is 0 Å². The molecule has 1 saturated heterocycles. The van der Waals surface area contributed by atoms with Crippen LogP contribution in [0.25, 0.3) is 0 Å². The molecule has 146 valence electrons. The molecule has 1 N–H and O–H groups in total. The predicted molar refractivity (Wildman–Crippen MR) is 125 cm³/mol. The Morgan fingerprint density at radius 3 is 1.76 bits per heavy atom. The minimum Gasteiger partial charge on any atom is -0.390 e. The topological polar surface area (TPSA) is 32.8 Å². The Balaban J connectivity index is 1.98. The van der Waals surface area contributed by atoms with E-state index in [1.807, 2.05) is 6.92 Å². The number of fused-ring (bicyclic) bond motifs is 1. The second-order valence-corrected chi connectivity index (χ2v) is 22.0. The fourth-order valence-corrected chi connectivity index (χ4v) is 13.2. The van der Waals surface area contributed by atoms with Crippen LogP contribution in [0.1, 0.15) is 58.8 Å². The Morgan fingerprint density at radius 1 is 0.840 bits per heavy atom. The molecular formula is C17H24Br6O2. The zero-order chi connectivity index (χ0) is 18.9. The average molecular weight is 740 g/mol. The summed E-state index contributed by atoms with van der Waals surface area (Å²) in [5.74, 6) is 0.856. The zero-order valence-corrected chi connectivity index (χ0v) is 23.8. The van der Waals surface area contributed by atoms with Crippen molar-refractivity contribution >= 4 is 95.6 Å². The highest BCUT2D eigenvalue weighted by Gasteiger charge is 2.69. The third-order valence-electron chi connectivity index (χ3n) is 6.81. The van der Waals surface area contributed by atoms with E-state index < -0.39 is 9.89 Å². The number of alkyl halides is 6. The first-order valence-electron chi connectivity index (χ1n) is 8.77. The van der Waals surface area contributed by atoms with Gasteiger partial charge in [-0.2, -0.15) is 0 Å². The molecule has 2 saturated carbocycles. The summed E-state index contributed by atoms with van der Waals surface area (Å²) in [5.41, 5.74) is -0.669. The first kappa shape index (κ1) is 22.5. The van der Waals surface area contributed by atoms with Crippen LogP contribution in [0.3, 0.4) is 0 Å². The van der Waals surface area contributed by atoms with Crippen molar-refractivity contribution in [3.05, 3.63) is 0 Å². The lowest BCUT2D eigenvalue weighted by Crippen LogP contribution is -2.58. The van der Waals surface area contributed by atoms with Crippen LogP contribution in [0.5, 0.6) is 0 Å². The monoisotopic (exact) mass is 734 g/mol. The molecule has 0 bridgehead atoms. The molecule has 3 atom stereocenters. The lowest BCUT2D eigenvalue weighted by molar-refractivity contribution is -0.0334. The van der Waals surface area contributed by atoms with Crippen molar-refractivity contribution in [3.63, 3.8) is 0 Å². The largest absolute Gasteiger partial charge is 0.390 e. The van der Waals surface area contributed by atoms with Gasteiger partial charge in [-0.05, 0) is 70.6 Å². The normalized spacial score (nSPS) is 42.8. The number of ether oxygens (including phenoxy) is 1. The summed E-state index contributed by atoms with van der Waals surface area (Å²) >= 11 is 23.5. The Bertz CT molecular complexity index is 502. The van der Waals surface area contributed by atoms with Gasteiger partial charge in [0.25, 0.3) is 0 Å². The summed E-state index contributed by atoms with van der Waals surface area (Å²) in [7, 11) is 0. The summed E-state index contributed by atoms with van der Waals surface area (Å²) in [6, 6.07) is 0. The molecule has 8 heteroatoms. The molecule has 2 nitrogen and oxygen atoms in total. The Hall–Kier alpha value is 2.80. The first-order valence-corrected chi connectivity index (χ1v) is 13.5. The lowest BCUT2D eigenvalue weighted by atomic mass is 9.58. The minimum atomic E-state index is -0.547. The quantitative estimate of drug-likeness (QED) is 0.235. The van der Waals surface area contributed by atoms with Crippen LogP contribution >= 0.6 is 95.6 Å². The molecule has 1 heterocycles. The molecule has 1 aliphatic heterocycles. The zero-order valence-electron chi connectivity index (χ0n) is 14.3. The molecule has 0 spiro atoms. The predicted octanol–water partition coefficient (Wildman–Crippen LogP) is 7.55. The van der Waals surface area contributed by atoms with Crippen LogP contribution in [-0.2, 0) is 4.74 Å². The Morgan fingerprint density at radius 2 is 1.32 bits per heavy atom. The van der Waals surface area contributed by atoms with Crippen LogP contribution in [0.4, 0.5) is 0 Å². The van der Waals surface area contributed by atoms with Gasteiger partial charge < -0.3 is 9.84 Å². The highest BCUT2D eigenvalue weighted by molar-refractivity contribution is 9.40. The number of hydrogen-bond acceptors (Lipinski definition) is 2. The summed E-state index contributed by atoms with van der Waals surface area (Å²) in [6.45, 7) is 4.20. The number of hydrogen-bond donors (Lipinski definition) is 1. The molecule has 3 aliphatic rings. The number of rotatable bonds is 2. The molecule has 0 aromatic carbocycles. The van der Waals surface area contributed by atoms with E-state index in [1.54, 1.807) is 0 Å². The molecule has 2 aliphatic carbocycles. The third-order valence-corrected chi connectivity index (χ3v) is 10.7. The van der Waals surface area contributed by atoms with Crippen LogP contribution in [0.2, 0.25) is 0 Å². The van der Waals surface area contributed by atoms with Gasteiger partial charge in [0, 0.05) is 5.41 Å². The molecule has 25 heavy (non-hydrogen) atoms. The van der Waals surface area contributed by atoms with Crippen LogP contribution in [0.15, 0.2) is 0 Å². The Kier molecular flexibility index (Phi) is 6.47. The fourth-order valence-electron chi connectivity index (χ4n) is 5.17. The molecule has 3 rings (SSSR count). The van der Waals surface area contributed by atoms with Gasteiger partial charge in [0.1, 0.15) is 4.29 Å². The third kappa shape index (κ3) is 4.05. The second kappa shape index (κ2) is 7.19. The molecule has 0 aromatic heterocycles. The summed E-state index contributed by atoms with van der Waals surface area (Å²) < 4.78 is 5.08. The molecule has 0 amide bonds. The maximum atomic E-state index is 10.5. The molecule has 0 aromatic rings. The number of epoxide rings is 1. The van der Waals surface area contributed by atoms with Crippen molar-refractivity contribution in [3.8, 4) is 0 Å². The average Bonchev–Trinajstić information content (AvgIpc) is 3.09. The highest BCUT2D eigenvalue weighted by atomic mass is 80.0. The van der Waals surface area contributed by atoms with Gasteiger partial charge >= 0.3 is 0 Å². The van der Waals surface area contributed by atoms with Crippen molar-refractivity contribution in [1.29, 1.82) is 0 Å². The van der Waals surface area contributed by atoms with E-state index in [2.05, 4.69) is 103 Å². The van der Waals surface area contributed by atoms with E-state index in [-0.39, 0.29) is 11.0 Å². The maximum absolute atomic E-state index is 10.5. The van der Waals surface area contributed by atoms with Gasteiger partial charge in [0.2, 0.25) is 0 Å². The highest BCUT2D eigenvalue weighted by Crippen LogP contribution is 2.73. The SMILES string of the molecule is CC1(O)CCC(C(C2CCC3(C)OC3C2)(C(Br)(Br)Br)C(Br)(Br)Br)CC1. The summed E-state index contributed by atoms with van der Waals surface area (Å²) in [4.78, 5) is 0. The summed E-state index contributed by atoms with van der Waals surface area (Å²) in [5, 5.41) is 10.5. The Labute approximate surface area is 201 Å². The van der Waals surface area contributed by atoms with Crippen molar-refractivity contribution < 1.29 is 9.84 Å². The van der Waals surface area contributed by atoms with E-state index >= 15 is 0 Å². The number of halogens is 6. The van der Waals surface area contributed by atoms with E-state index in [1.165, 1.54) is 0 Å². The standard InChI is InChI=1S/C17H24Br6O2/c1-13(24)6-3-10(4-7-13)15(16(18,19)20,17(21,22)23)11-5-8-14(2)12(9-11)25-14/h10-12,24H,3-9H2,1-2H3. The van der Waals surface area contributed by atoms with Crippen molar-refractivity contribution in [2.75, 3.05) is 0 Å². The first-order chi connectivity index (χ1) is 11.2. The lowest BCUT2D eigenvalue weighted by Gasteiger charge is -2.58. The minimum absolute atomic E-state index is 0.0969. The fraction of sp³-hybridized carbons (Fsp3) is 1.00. The van der Waals surface area contributed by atoms with E-state index in [9.17, 15) is 5.11 Å². The molecule has 3 unspecified atom stereocenters. The maximum Gasteiger partial charge on any atom is 0.144 e. The van der Waals surface area contributed by atoms with Gasteiger partial charge in [0.05, 0.1) is 17.3 Å². The van der Waals surface area contributed by atoms with E-state index in [0.717, 1.165) is 44.9 Å². The molecule has 3 fully saturated rings. The van der Waals surface area contributed by atoms with Crippen LogP contribution in [0, 0.1) is 17.3 Å². The molecule has 0 radical (unpaired) electrons.